The Balaban J connectivity index is 1.45. The summed E-state index contributed by atoms with van der Waals surface area (Å²) in [7, 11) is 0. The minimum absolute atomic E-state index is 0.101. The molecule has 0 spiro atoms. The smallest absolute Gasteiger partial charge is 0.244 e. The van der Waals surface area contributed by atoms with Gasteiger partial charge in [0, 0.05) is 5.69 Å². The molecule has 4 atom stereocenters. The van der Waals surface area contributed by atoms with E-state index in [2.05, 4.69) is 5.32 Å². The van der Waals surface area contributed by atoms with Gasteiger partial charge in [0.25, 0.3) is 0 Å². The van der Waals surface area contributed by atoms with Crippen LogP contribution in [-0.2, 0) is 14.4 Å². The molecule has 0 radical (unpaired) electrons. The minimum atomic E-state index is -0.419. The van der Waals surface area contributed by atoms with Crippen molar-refractivity contribution in [2.24, 2.45) is 23.7 Å². The van der Waals surface area contributed by atoms with Crippen LogP contribution in [0.4, 0.5) is 5.69 Å². The Morgan fingerprint density at radius 3 is 2.22 bits per heavy atom. The van der Waals surface area contributed by atoms with Gasteiger partial charge in [0.1, 0.15) is 12.3 Å². The second-order valence-corrected chi connectivity index (χ2v) is 6.36. The number of fused-ring (bicyclic) bond motifs is 5. The number of carbonyl (C=O) groups excluding carboxylic acids is 3. The Kier molecular flexibility index (Phi) is 3.01. The second-order valence-electron chi connectivity index (χ2n) is 6.36. The molecule has 1 aliphatic heterocycles. The van der Waals surface area contributed by atoms with E-state index in [4.69, 9.17) is 0 Å². The van der Waals surface area contributed by atoms with Gasteiger partial charge < -0.3 is 10.4 Å². The zero-order chi connectivity index (χ0) is 16.1. The number of anilines is 1. The SMILES string of the molecule is O=C(CN1C(=O)C2C3C=CC(C3)C2C1=O)Nc1ccc(O)cc1. The normalized spacial score (nSPS) is 30.9. The zero-order valence-electron chi connectivity index (χ0n) is 12.3. The molecule has 2 N–H and O–H groups in total. The molecular weight excluding hydrogens is 296 g/mol. The summed E-state index contributed by atoms with van der Waals surface area (Å²) in [4.78, 5) is 38.2. The standard InChI is InChI=1S/C17H16N2O4/c20-12-5-3-11(4-6-12)18-13(21)8-19-16(22)14-9-1-2-10(7-9)15(14)17(19)23/h1-6,9-10,14-15,20H,7-8H2,(H,18,21). The number of nitrogens with zero attached hydrogens (tertiary/aromatic N) is 1. The molecule has 4 rings (SSSR count). The van der Waals surface area contributed by atoms with Crippen molar-refractivity contribution in [2.45, 2.75) is 6.42 Å². The summed E-state index contributed by atoms with van der Waals surface area (Å²) in [5.74, 6) is -1.03. The number of phenols is 1. The van der Waals surface area contributed by atoms with Crippen molar-refractivity contribution < 1.29 is 19.5 Å². The minimum Gasteiger partial charge on any atom is -0.508 e. The van der Waals surface area contributed by atoms with Gasteiger partial charge in [0.05, 0.1) is 11.8 Å². The molecule has 6 heteroatoms. The number of hydrogen-bond donors (Lipinski definition) is 2. The topological polar surface area (TPSA) is 86.7 Å². The lowest BCUT2D eigenvalue weighted by molar-refractivity contribution is -0.143. The molecule has 1 heterocycles. The van der Waals surface area contributed by atoms with Crippen LogP contribution in [0, 0.1) is 23.7 Å². The summed E-state index contributed by atoms with van der Waals surface area (Å²) in [6, 6.07) is 6.02. The summed E-state index contributed by atoms with van der Waals surface area (Å²) < 4.78 is 0. The van der Waals surface area contributed by atoms with Crippen LogP contribution in [0.3, 0.4) is 0 Å². The Labute approximate surface area is 132 Å². The Bertz CT molecular complexity index is 695. The summed E-state index contributed by atoms with van der Waals surface area (Å²) in [5, 5.41) is 11.9. The van der Waals surface area contributed by atoms with E-state index < -0.39 is 5.91 Å². The number of likely N-dealkylation sites (tertiary alicyclic amines) is 1. The molecule has 1 aromatic carbocycles. The number of hydrogen-bond acceptors (Lipinski definition) is 4. The molecule has 118 valence electrons. The highest BCUT2D eigenvalue weighted by Gasteiger charge is 2.59. The first-order valence-corrected chi connectivity index (χ1v) is 7.67. The van der Waals surface area contributed by atoms with Crippen molar-refractivity contribution >= 4 is 23.4 Å². The van der Waals surface area contributed by atoms with E-state index in [0.29, 0.717) is 5.69 Å². The third kappa shape index (κ3) is 2.13. The molecule has 2 bridgehead atoms. The maximum Gasteiger partial charge on any atom is 0.244 e. The first kappa shape index (κ1) is 14.0. The van der Waals surface area contributed by atoms with Gasteiger partial charge in [-0.2, -0.15) is 0 Å². The van der Waals surface area contributed by atoms with Crippen molar-refractivity contribution in [1.82, 2.24) is 4.90 Å². The molecule has 4 unspecified atom stereocenters. The molecule has 0 aromatic heterocycles. The molecule has 3 amide bonds. The Morgan fingerprint density at radius 2 is 1.65 bits per heavy atom. The van der Waals surface area contributed by atoms with Crippen molar-refractivity contribution in [3.05, 3.63) is 36.4 Å². The number of allylic oxidation sites excluding steroid dienone is 2. The van der Waals surface area contributed by atoms with E-state index >= 15 is 0 Å². The highest BCUT2D eigenvalue weighted by Crippen LogP contribution is 2.52. The van der Waals surface area contributed by atoms with Crippen LogP contribution in [0.5, 0.6) is 5.75 Å². The monoisotopic (exact) mass is 312 g/mol. The third-order valence-corrected chi connectivity index (χ3v) is 5.01. The van der Waals surface area contributed by atoms with Gasteiger partial charge in [0.2, 0.25) is 17.7 Å². The van der Waals surface area contributed by atoms with E-state index in [-0.39, 0.29) is 47.8 Å². The number of imide groups is 1. The molecule has 6 nitrogen and oxygen atoms in total. The van der Waals surface area contributed by atoms with E-state index in [0.717, 1.165) is 11.3 Å². The van der Waals surface area contributed by atoms with Crippen molar-refractivity contribution in [2.75, 3.05) is 11.9 Å². The van der Waals surface area contributed by atoms with Crippen molar-refractivity contribution in [3.8, 4) is 5.75 Å². The summed E-state index contributed by atoms with van der Waals surface area (Å²) in [6.07, 6.45) is 4.93. The molecular formula is C17H16N2O4. The molecule has 1 saturated carbocycles. The lowest BCUT2D eigenvalue weighted by Gasteiger charge is -2.16. The molecule has 3 aliphatic rings. The van der Waals surface area contributed by atoms with Gasteiger partial charge in [-0.15, -0.1) is 0 Å². The third-order valence-electron chi connectivity index (χ3n) is 5.01. The van der Waals surface area contributed by atoms with Crippen LogP contribution >= 0.6 is 0 Å². The first-order chi connectivity index (χ1) is 11.0. The van der Waals surface area contributed by atoms with Gasteiger partial charge >= 0.3 is 0 Å². The fourth-order valence-corrected chi connectivity index (χ4v) is 4.01. The average Bonchev–Trinajstić information content (AvgIpc) is 3.19. The van der Waals surface area contributed by atoms with Crippen LogP contribution in [0.15, 0.2) is 36.4 Å². The fraction of sp³-hybridized carbons (Fsp3) is 0.353. The average molecular weight is 312 g/mol. The highest BCUT2D eigenvalue weighted by molar-refractivity contribution is 6.09. The Morgan fingerprint density at radius 1 is 1.09 bits per heavy atom. The molecule has 1 saturated heterocycles. The van der Waals surface area contributed by atoms with Crippen LogP contribution in [0.1, 0.15) is 6.42 Å². The molecule has 2 aliphatic carbocycles. The van der Waals surface area contributed by atoms with Gasteiger partial charge in [0.15, 0.2) is 0 Å². The van der Waals surface area contributed by atoms with E-state index in [1.165, 1.54) is 12.1 Å². The quantitative estimate of drug-likeness (QED) is 0.498. The second kappa shape index (κ2) is 4.94. The number of carbonyl (C=O) groups is 3. The van der Waals surface area contributed by atoms with Gasteiger partial charge in [-0.3, -0.25) is 19.3 Å². The lowest BCUT2D eigenvalue weighted by atomic mass is 9.85. The maximum absolute atomic E-state index is 12.5. The first-order valence-electron chi connectivity index (χ1n) is 7.67. The maximum atomic E-state index is 12.5. The van der Waals surface area contributed by atoms with Gasteiger partial charge in [-0.05, 0) is 42.5 Å². The number of nitrogens with one attached hydrogen (secondary N) is 1. The number of aromatic hydroxyl groups is 1. The van der Waals surface area contributed by atoms with E-state index in [1.807, 2.05) is 12.2 Å². The number of rotatable bonds is 3. The van der Waals surface area contributed by atoms with E-state index in [1.54, 1.807) is 12.1 Å². The fourth-order valence-electron chi connectivity index (χ4n) is 4.01. The van der Waals surface area contributed by atoms with Crippen molar-refractivity contribution in [1.29, 1.82) is 0 Å². The number of benzene rings is 1. The molecule has 2 fully saturated rings. The van der Waals surface area contributed by atoms with E-state index in [9.17, 15) is 19.5 Å². The van der Waals surface area contributed by atoms with Gasteiger partial charge in [-0.1, -0.05) is 12.2 Å². The summed E-state index contributed by atoms with van der Waals surface area (Å²) in [6.45, 7) is -0.259. The van der Waals surface area contributed by atoms with Crippen molar-refractivity contribution in [3.63, 3.8) is 0 Å². The number of phenolic OH excluding ortho intramolecular Hbond substituents is 1. The summed E-state index contributed by atoms with van der Waals surface area (Å²) >= 11 is 0. The van der Waals surface area contributed by atoms with Gasteiger partial charge in [-0.25, -0.2) is 0 Å². The molecule has 1 aromatic rings. The van der Waals surface area contributed by atoms with Crippen LogP contribution in [0.25, 0.3) is 0 Å². The summed E-state index contributed by atoms with van der Waals surface area (Å²) in [5.41, 5.74) is 0.508. The largest absolute Gasteiger partial charge is 0.508 e. The molecule has 23 heavy (non-hydrogen) atoms. The Hall–Kier alpha value is -2.63. The van der Waals surface area contributed by atoms with Crippen LogP contribution in [0.2, 0.25) is 0 Å². The predicted molar refractivity (Wildman–Crippen MR) is 81.2 cm³/mol. The lowest BCUT2D eigenvalue weighted by Crippen LogP contribution is -2.39. The van der Waals surface area contributed by atoms with Crippen LogP contribution < -0.4 is 5.32 Å². The predicted octanol–water partition coefficient (Wildman–Crippen LogP) is 1.14. The zero-order valence-corrected chi connectivity index (χ0v) is 12.3. The van der Waals surface area contributed by atoms with Crippen LogP contribution in [-0.4, -0.2) is 34.3 Å². The number of amides is 3. The highest BCUT2D eigenvalue weighted by atomic mass is 16.3.